The summed E-state index contributed by atoms with van der Waals surface area (Å²) in [5, 5.41) is 22.9. The van der Waals surface area contributed by atoms with Crippen LogP contribution in [0.25, 0.3) is 0 Å². The van der Waals surface area contributed by atoms with Gasteiger partial charge in [-0.15, -0.1) is 11.8 Å². The molecule has 0 unspecified atom stereocenters. The molecule has 0 aliphatic heterocycles. The summed E-state index contributed by atoms with van der Waals surface area (Å²) < 4.78 is 0. The molecule has 28 heavy (non-hydrogen) atoms. The number of amides is 1. The molecule has 3 N–H and O–H groups in total. The summed E-state index contributed by atoms with van der Waals surface area (Å²) in [6, 6.07) is 7.17. The third kappa shape index (κ3) is 5.51. The number of nitrogens with one attached hydrogen (secondary N) is 1. The third-order valence-corrected chi connectivity index (χ3v) is 6.85. The smallest absolute Gasteiger partial charge is 0.346 e. The maximum atomic E-state index is 13.3. The van der Waals surface area contributed by atoms with Crippen molar-refractivity contribution in [2.24, 2.45) is 11.3 Å². The number of aliphatic hydroxyl groups is 1. The van der Waals surface area contributed by atoms with Crippen molar-refractivity contribution in [3.8, 4) is 0 Å². The summed E-state index contributed by atoms with van der Waals surface area (Å²) >= 11 is 0.885. The van der Waals surface area contributed by atoms with Crippen molar-refractivity contribution in [2.75, 3.05) is 11.6 Å². The highest BCUT2D eigenvalue weighted by molar-refractivity contribution is 8.00. The van der Waals surface area contributed by atoms with Crippen molar-refractivity contribution in [1.29, 1.82) is 0 Å². The number of carboxylic acid groups (broad SMARTS) is 1. The van der Waals surface area contributed by atoms with E-state index in [0.717, 1.165) is 50.3 Å². The van der Waals surface area contributed by atoms with E-state index in [1.54, 1.807) is 24.5 Å². The zero-order chi connectivity index (χ0) is 20.8. The second kappa shape index (κ2) is 9.79. The maximum absolute atomic E-state index is 13.3. The number of rotatable bonds is 9. The molecule has 5 nitrogen and oxygen atoms in total. The Morgan fingerprint density at radius 1 is 1.21 bits per heavy atom. The van der Waals surface area contributed by atoms with Crippen LogP contribution in [0.4, 0.5) is 5.69 Å². The average molecular weight is 408 g/mol. The van der Waals surface area contributed by atoms with Crippen molar-refractivity contribution >= 4 is 29.3 Å². The average Bonchev–Trinajstić information content (AvgIpc) is 2.68. The molecule has 1 atom stereocenters. The molecule has 2 rings (SSSR count). The molecular formula is C22H33NO4S. The Bertz CT molecular complexity index is 685. The Balaban J connectivity index is 2.23. The van der Waals surface area contributed by atoms with Crippen LogP contribution < -0.4 is 5.32 Å². The molecule has 0 spiro atoms. The Morgan fingerprint density at radius 2 is 1.86 bits per heavy atom. The SMILES string of the molecule is CS[C@@](O)(Cc1ccccc1NC(=O)C1(CCC(C)C)CCCCC1)C(=O)O. The number of carbonyl (C=O) groups is 2. The standard InChI is InChI=1S/C22H33NO4S/c1-16(2)11-14-21(12-7-4-8-13-21)19(24)23-18-10-6-5-9-17(18)15-22(27,28-3)20(25)26/h5-6,9-10,16,27H,4,7-8,11-15H2,1-3H3,(H,23,24)(H,25,26)/t22-/m0/s1. The largest absolute Gasteiger partial charge is 0.478 e. The molecule has 0 aromatic heterocycles. The Labute approximate surface area is 172 Å². The van der Waals surface area contributed by atoms with Crippen molar-refractivity contribution in [2.45, 2.75) is 70.1 Å². The lowest BCUT2D eigenvalue weighted by Crippen LogP contribution is -2.39. The first-order chi connectivity index (χ1) is 13.2. The van der Waals surface area contributed by atoms with Gasteiger partial charge < -0.3 is 15.5 Å². The first-order valence-corrected chi connectivity index (χ1v) is 11.4. The summed E-state index contributed by atoms with van der Waals surface area (Å²) in [5.41, 5.74) is 0.874. The van der Waals surface area contributed by atoms with Crippen molar-refractivity contribution in [3.63, 3.8) is 0 Å². The summed E-state index contributed by atoms with van der Waals surface area (Å²) in [5.74, 6) is -0.698. The van der Waals surface area contributed by atoms with Gasteiger partial charge in [-0.05, 0) is 49.5 Å². The summed E-state index contributed by atoms with van der Waals surface area (Å²) in [6.07, 6.45) is 8.50. The van der Waals surface area contributed by atoms with Crippen LogP contribution in [0.2, 0.25) is 0 Å². The number of hydrogen-bond acceptors (Lipinski definition) is 4. The summed E-state index contributed by atoms with van der Waals surface area (Å²) in [4.78, 5) is 22.9. The number of aliphatic carboxylic acids is 1. The lowest BCUT2D eigenvalue weighted by Gasteiger charge is -2.36. The van der Waals surface area contributed by atoms with Crippen LogP contribution in [0, 0.1) is 11.3 Å². The van der Waals surface area contributed by atoms with E-state index in [1.807, 2.05) is 6.07 Å². The molecule has 1 saturated carbocycles. The first kappa shape index (κ1) is 22.8. The molecule has 1 aromatic rings. The second-order valence-electron chi connectivity index (χ2n) is 8.36. The van der Waals surface area contributed by atoms with E-state index < -0.39 is 10.9 Å². The molecule has 0 heterocycles. The monoisotopic (exact) mass is 407 g/mol. The minimum absolute atomic E-state index is 0.0308. The molecule has 6 heteroatoms. The second-order valence-corrected chi connectivity index (χ2v) is 9.44. The van der Waals surface area contributed by atoms with E-state index in [0.29, 0.717) is 17.2 Å². The quantitative estimate of drug-likeness (QED) is 0.517. The van der Waals surface area contributed by atoms with E-state index in [4.69, 9.17) is 0 Å². The fraction of sp³-hybridized carbons (Fsp3) is 0.636. The van der Waals surface area contributed by atoms with Crippen molar-refractivity contribution in [3.05, 3.63) is 29.8 Å². The minimum atomic E-state index is -1.92. The van der Waals surface area contributed by atoms with Crippen LogP contribution in [-0.2, 0) is 16.0 Å². The highest BCUT2D eigenvalue weighted by Crippen LogP contribution is 2.42. The normalized spacial score (nSPS) is 18.5. The maximum Gasteiger partial charge on any atom is 0.346 e. The number of benzene rings is 1. The number of anilines is 1. The predicted octanol–water partition coefficient (Wildman–Crippen LogP) is 4.69. The molecule has 156 valence electrons. The number of carbonyl (C=O) groups excluding carboxylic acids is 1. The van der Waals surface area contributed by atoms with Gasteiger partial charge in [-0.3, -0.25) is 4.79 Å². The summed E-state index contributed by atoms with van der Waals surface area (Å²) in [6.45, 7) is 4.36. The Hall–Kier alpha value is -1.53. The first-order valence-electron chi connectivity index (χ1n) is 10.1. The van der Waals surface area contributed by atoms with Crippen molar-refractivity contribution < 1.29 is 19.8 Å². The lowest BCUT2D eigenvalue weighted by atomic mass is 9.69. The van der Waals surface area contributed by atoms with Crippen LogP contribution in [-0.4, -0.2) is 33.3 Å². The van der Waals surface area contributed by atoms with Crippen LogP contribution in [0.15, 0.2) is 24.3 Å². The van der Waals surface area contributed by atoms with Gasteiger partial charge in [-0.1, -0.05) is 51.3 Å². The molecule has 1 aliphatic rings. The third-order valence-electron chi connectivity index (χ3n) is 5.86. The number of para-hydroxylation sites is 1. The highest BCUT2D eigenvalue weighted by atomic mass is 32.2. The topological polar surface area (TPSA) is 86.6 Å². The van der Waals surface area contributed by atoms with E-state index in [1.165, 1.54) is 6.42 Å². The molecule has 0 bridgehead atoms. The molecule has 1 fully saturated rings. The minimum Gasteiger partial charge on any atom is -0.478 e. The van der Waals surface area contributed by atoms with Gasteiger partial charge in [0.15, 0.2) is 0 Å². The van der Waals surface area contributed by atoms with Gasteiger partial charge in [-0.2, -0.15) is 0 Å². The van der Waals surface area contributed by atoms with Crippen LogP contribution in [0.1, 0.15) is 64.4 Å². The van der Waals surface area contributed by atoms with Crippen LogP contribution in [0.5, 0.6) is 0 Å². The van der Waals surface area contributed by atoms with Crippen molar-refractivity contribution in [1.82, 2.24) is 0 Å². The zero-order valence-electron chi connectivity index (χ0n) is 17.2. The van der Waals surface area contributed by atoms with E-state index in [2.05, 4.69) is 19.2 Å². The molecule has 0 radical (unpaired) electrons. The fourth-order valence-corrected chi connectivity index (χ4v) is 4.40. The van der Waals surface area contributed by atoms with Gasteiger partial charge in [0, 0.05) is 17.5 Å². The molecule has 1 amide bonds. The Morgan fingerprint density at radius 3 is 2.43 bits per heavy atom. The van der Waals surface area contributed by atoms with Gasteiger partial charge >= 0.3 is 5.97 Å². The van der Waals surface area contributed by atoms with E-state index in [9.17, 15) is 19.8 Å². The number of hydrogen-bond donors (Lipinski definition) is 3. The molecular weight excluding hydrogens is 374 g/mol. The Kier molecular flexibility index (Phi) is 7.96. The van der Waals surface area contributed by atoms with Gasteiger partial charge in [0.25, 0.3) is 0 Å². The van der Waals surface area contributed by atoms with Gasteiger partial charge in [0.1, 0.15) is 0 Å². The van der Waals surface area contributed by atoms with Crippen LogP contribution in [0.3, 0.4) is 0 Å². The summed E-state index contributed by atoms with van der Waals surface area (Å²) in [7, 11) is 0. The predicted molar refractivity (Wildman–Crippen MR) is 114 cm³/mol. The lowest BCUT2D eigenvalue weighted by molar-refractivity contribution is -0.149. The number of thioether (sulfide) groups is 1. The fourth-order valence-electron chi connectivity index (χ4n) is 3.93. The molecule has 1 aromatic carbocycles. The van der Waals surface area contributed by atoms with E-state index >= 15 is 0 Å². The van der Waals surface area contributed by atoms with Gasteiger partial charge in [0.05, 0.1) is 0 Å². The zero-order valence-corrected chi connectivity index (χ0v) is 18.0. The highest BCUT2D eigenvalue weighted by Gasteiger charge is 2.40. The molecule has 1 aliphatic carbocycles. The van der Waals surface area contributed by atoms with Crippen LogP contribution >= 0.6 is 11.8 Å². The van der Waals surface area contributed by atoms with E-state index in [-0.39, 0.29) is 17.7 Å². The van der Waals surface area contributed by atoms with Gasteiger partial charge in [0.2, 0.25) is 10.8 Å². The van der Waals surface area contributed by atoms with Gasteiger partial charge in [-0.25, -0.2) is 4.79 Å². The molecule has 0 saturated heterocycles. The number of carboxylic acids is 1.